The zero-order valence-corrected chi connectivity index (χ0v) is 20.2. The van der Waals surface area contributed by atoms with Crippen molar-refractivity contribution in [2.75, 3.05) is 19.6 Å². The average molecular weight is 469 g/mol. The van der Waals surface area contributed by atoms with Crippen LogP contribution in [0.3, 0.4) is 0 Å². The zero-order chi connectivity index (χ0) is 24.9. The molecule has 184 valence electrons. The van der Waals surface area contributed by atoms with Gasteiger partial charge in [0.25, 0.3) is 0 Å². The van der Waals surface area contributed by atoms with E-state index < -0.39 is 29.5 Å². The molecule has 1 aliphatic rings. The number of likely N-dealkylation sites (tertiary alicyclic amines) is 1. The molecular formula is C26H36N4O4. The number of nitrogens with zero attached hydrogens (tertiary/aromatic N) is 1. The molecule has 0 aromatic heterocycles. The van der Waals surface area contributed by atoms with Crippen LogP contribution in [0.4, 0.5) is 0 Å². The molecule has 3 rings (SSSR count). The second-order valence-electron chi connectivity index (χ2n) is 9.99. The highest BCUT2D eigenvalue weighted by Gasteiger charge is 2.39. The first-order chi connectivity index (χ1) is 16.1. The first-order valence-corrected chi connectivity index (χ1v) is 11.8. The third-order valence-electron chi connectivity index (χ3n) is 6.13. The van der Waals surface area contributed by atoms with Crippen LogP contribution in [0.5, 0.6) is 0 Å². The van der Waals surface area contributed by atoms with Crippen molar-refractivity contribution in [3.63, 3.8) is 0 Å². The van der Waals surface area contributed by atoms with Gasteiger partial charge >= 0.3 is 0 Å². The first kappa shape index (κ1) is 25.6. The lowest BCUT2D eigenvalue weighted by Gasteiger charge is -2.31. The van der Waals surface area contributed by atoms with Gasteiger partial charge in [0.05, 0.1) is 6.10 Å². The summed E-state index contributed by atoms with van der Waals surface area (Å²) in [6, 6.07) is 12.4. The second kappa shape index (κ2) is 11.0. The third-order valence-corrected chi connectivity index (χ3v) is 6.13. The maximum atomic E-state index is 13.2. The van der Waals surface area contributed by atoms with Gasteiger partial charge < -0.3 is 26.4 Å². The van der Waals surface area contributed by atoms with Crippen molar-refractivity contribution in [2.24, 2.45) is 11.1 Å². The minimum atomic E-state index is -0.865. The van der Waals surface area contributed by atoms with Gasteiger partial charge in [0.1, 0.15) is 12.1 Å². The van der Waals surface area contributed by atoms with Crippen molar-refractivity contribution in [1.82, 2.24) is 15.5 Å². The molecule has 1 aliphatic heterocycles. The zero-order valence-electron chi connectivity index (χ0n) is 20.2. The number of aliphatic hydroxyl groups is 1. The molecular weight excluding hydrogens is 432 g/mol. The highest BCUT2D eigenvalue weighted by molar-refractivity contribution is 5.93. The Morgan fingerprint density at radius 2 is 1.85 bits per heavy atom. The van der Waals surface area contributed by atoms with Crippen molar-refractivity contribution in [1.29, 1.82) is 0 Å². The Bertz CT molecular complexity index is 1030. The monoisotopic (exact) mass is 468 g/mol. The first-order valence-electron chi connectivity index (χ1n) is 11.8. The van der Waals surface area contributed by atoms with Gasteiger partial charge in [0.2, 0.25) is 17.7 Å². The van der Waals surface area contributed by atoms with Gasteiger partial charge in [-0.2, -0.15) is 0 Å². The molecule has 8 nitrogen and oxygen atoms in total. The molecule has 3 atom stereocenters. The molecule has 1 unspecified atom stereocenters. The molecule has 1 heterocycles. The van der Waals surface area contributed by atoms with Crippen molar-refractivity contribution in [3.8, 4) is 0 Å². The quantitative estimate of drug-likeness (QED) is 0.465. The van der Waals surface area contributed by atoms with Gasteiger partial charge in [0.15, 0.2) is 0 Å². The molecule has 1 fully saturated rings. The number of hydrogen-bond acceptors (Lipinski definition) is 5. The molecule has 3 amide bonds. The van der Waals surface area contributed by atoms with Crippen LogP contribution < -0.4 is 16.4 Å². The highest BCUT2D eigenvalue weighted by atomic mass is 16.3. The maximum Gasteiger partial charge on any atom is 0.243 e. The lowest BCUT2D eigenvalue weighted by molar-refractivity contribution is -0.145. The number of carbonyl (C=O) groups excluding carboxylic acids is 3. The van der Waals surface area contributed by atoms with E-state index in [0.29, 0.717) is 13.0 Å². The summed E-state index contributed by atoms with van der Waals surface area (Å²) < 4.78 is 0. The normalized spacial score (nSPS) is 17.9. The minimum absolute atomic E-state index is 0.00249. The number of fused-ring (bicyclic) bond motifs is 1. The average Bonchev–Trinajstić information content (AvgIpc) is 3.30. The summed E-state index contributed by atoms with van der Waals surface area (Å²) in [7, 11) is 0. The number of benzene rings is 2. The Kier molecular flexibility index (Phi) is 8.28. The molecule has 8 heteroatoms. The lowest BCUT2D eigenvalue weighted by atomic mass is 9.94. The molecule has 2 aromatic rings. The number of aliphatic hydroxyl groups excluding tert-OH is 1. The number of nitrogens with one attached hydrogen (secondary N) is 2. The molecule has 0 bridgehead atoms. The van der Waals surface area contributed by atoms with E-state index in [1.807, 2.05) is 63.2 Å². The van der Waals surface area contributed by atoms with Crippen molar-refractivity contribution in [3.05, 3.63) is 48.0 Å². The standard InChI is InChI=1S/C26H36N4O4/c1-26(2,3)25(34)30-12-6-9-22(30)24(33)29-21(23(32)28-16-20(31)15-27)14-17-10-11-18-7-4-5-8-19(18)13-17/h4-5,7-8,10-11,13,20-22,31H,6,9,12,14-16,27H2,1-3H3,(H,28,32)(H,29,33)/t20-,21+,22?/m0/s1. The van der Waals surface area contributed by atoms with E-state index in [2.05, 4.69) is 10.6 Å². The summed E-state index contributed by atoms with van der Waals surface area (Å²) in [5.41, 5.74) is 5.75. The fourth-order valence-electron chi connectivity index (χ4n) is 4.22. The van der Waals surface area contributed by atoms with Gasteiger partial charge in [-0.3, -0.25) is 14.4 Å². The van der Waals surface area contributed by atoms with Crippen LogP contribution in [0, 0.1) is 5.41 Å². The largest absolute Gasteiger partial charge is 0.390 e. The predicted molar refractivity (Wildman–Crippen MR) is 132 cm³/mol. The SMILES string of the molecule is CC(C)(C)C(=O)N1CCCC1C(=O)N[C@H](Cc1ccc2ccccc2c1)C(=O)NC[C@@H](O)CN. The molecule has 1 saturated heterocycles. The van der Waals surface area contributed by atoms with Crippen LogP contribution in [0.25, 0.3) is 10.8 Å². The predicted octanol–water partition coefficient (Wildman–Crippen LogP) is 1.34. The van der Waals surface area contributed by atoms with Gasteiger partial charge in [-0.25, -0.2) is 0 Å². The van der Waals surface area contributed by atoms with Crippen LogP contribution in [-0.2, 0) is 20.8 Å². The van der Waals surface area contributed by atoms with Crippen LogP contribution in [0.15, 0.2) is 42.5 Å². The van der Waals surface area contributed by atoms with Crippen molar-refractivity contribution >= 4 is 28.5 Å². The van der Waals surface area contributed by atoms with Crippen molar-refractivity contribution in [2.45, 2.75) is 58.2 Å². The van der Waals surface area contributed by atoms with Crippen LogP contribution in [-0.4, -0.2) is 65.5 Å². The number of amides is 3. The van der Waals surface area contributed by atoms with E-state index in [4.69, 9.17) is 5.73 Å². The smallest absolute Gasteiger partial charge is 0.243 e. The fraction of sp³-hybridized carbons (Fsp3) is 0.500. The second-order valence-corrected chi connectivity index (χ2v) is 9.99. The Morgan fingerprint density at radius 1 is 1.15 bits per heavy atom. The Hall–Kier alpha value is -2.97. The number of rotatable bonds is 8. The summed E-state index contributed by atoms with van der Waals surface area (Å²) in [4.78, 5) is 40.7. The Labute approximate surface area is 200 Å². The van der Waals surface area contributed by atoms with Gasteiger partial charge in [-0.15, -0.1) is 0 Å². The molecule has 0 aliphatic carbocycles. The number of nitrogens with two attached hydrogens (primary N) is 1. The third kappa shape index (κ3) is 6.33. The Morgan fingerprint density at radius 3 is 2.53 bits per heavy atom. The Balaban J connectivity index is 1.78. The van der Waals surface area contributed by atoms with E-state index in [-0.39, 0.29) is 31.3 Å². The van der Waals surface area contributed by atoms with Crippen LogP contribution in [0.2, 0.25) is 0 Å². The molecule has 5 N–H and O–H groups in total. The molecule has 34 heavy (non-hydrogen) atoms. The molecule has 0 saturated carbocycles. The van der Waals surface area contributed by atoms with Gasteiger partial charge in [-0.05, 0) is 29.2 Å². The summed E-state index contributed by atoms with van der Waals surface area (Å²) >= 11 is 0. The fourth-order valence-corrected chi connectivity index (χ4v) is 4.22. The van der Waals surface area contributed by atoms with E-state index in [1.54, 1.807) is 4.90 Å². The summed E-state index contributed by atoms with van der Waals surface area (Å²) in [6.45, 7) is 6.05. The number of carbonyl (C=O) groups is 3. The summed E-state index contributed by atoms with van der Waals surface area (Å²) in [6.07, 6.45) is 0.713. The van der Waals surface area contributed by atoms with Crippen LogP contribution in [0.1, 0.15) is 39.2 Å². The van der Waals surface area contributed by atoms with E-state index >= 15 is 0 Å². The summed E-state index contributed by atoms with van der Waals surface area (Å²) in [5.74, 6) is -0.817. The number of hydrogen-bond donors (Lipinski definition) is 4. The van der Waals surface area contributed by atoms with E-state index in [9.17, 15) is 19.5 Å². The van der Waals surface area contributed by atoms with Gasteiger partial charge in [0, 0.05) is 31.5 Å². The van der Waals surface area contributed by atoms with E-state index in [0.717, 1.165) is 22.8 Å². The van der Waals surface area contributed by atoms with Crippen LogP contribution >= 0.6 is 0 Å². The maximum absolute atomic E-state index is 13.2. The lowest BCUT2D eigenvalue weighted by Crippen LogP contribution is -2.55. The molecule has 0 radical (unpaired) electrons. The van der Waals surface area contributed by atoms with Crippen molar-refractivity contribution < 1.29 is 19.5 Å². The topological polar surface area (TPSA) is 125 Å². The summed E-state index contributed by atoms with van der Waals surface area (Å²) in [5, 5.41) is 17.4. The van der Waals surface area contributed by atoms with E-state index in [1.165, 1.54) is 0 Å². The molecule has 2 aromatic carbocycles. The minimum Gasteiger partial charge on any atom is -0.390 e. The van der Waals surface area contributed by atoms with Gasteiger partial charge in [-0.1, -0.05) is 63.2 Å². The highest BCUT2D eigenvalue weighted by Crippen LogP contribution is 2.26. The molecule has 0 spiro atoms.